The summed E-state index contributed by atoms with van der Waals surface area (Å²) in [6.07, 6.45) is 0. The lowest BCUT2D eigenvalue weighted by atomic mass is 10.2. The monoisotopic (exact) mass is 196 g/mol. The van der Waals surface area contributed by atoms with Gasteiger partial charge in [-0.1, -0.05) is 12.2 Å². The number of aryl methyl sites for hydroxylation is 2. The van der Waals surface area contributed by atoms with Gasteiger partial charge in [-0.2, -0.15) is 0 Å². The van der Waals surface area contributed by atoms with Crippen LogP contribution in [-0.4, -0.2) is 22.0 Å². The number of hydrogen-bond donors (Lipinski definition) is 2. The largest absolute Gasteiger partial charge is 0.388 e. The van der Waals surface area contributed by atoms with E-state index in [9.17, 15) is 0 Å². The third-order valence-electron chi connectivity index (χ3n) is 1.69. The Labute approximate surface area is 82.6 Å². The molecule has 70 valence electrons. The molecule has 0 radical (unpaired) electrons. The number of nitrogens with two attached hydrogens (primary N) is 1. The lowest BCUT2D eigenvalue weighted by molar-refractivity contribution is 1.00. The second kappa shape index (κ2) is 3.66. The van der Waals surface area contributed by atoms with E-state index in [1.54, 1.807) is 7.05 Å². The van der Waals surface area contributed by atoms with E-state index in [1.165, 1.54) is 0 Å². The molecular weight excluding hydrogens is 184 g/mol. The summed E-state index contributed by atoms with van der Waals surface area (Å²) in [5, 5.41) is 2.98. The fourth-order valence-corrected chi connectivity index (χ4v) is 1.34. The molecule has 0 aliphatic rings. The molecule has 4 nitrogen and oxygen atoms in total. The Morgan fingerprint density at radius 1 is 1.38 bits per heavy atom. The van der Waals surface area contributed by atoms with Gasteiger partial charge in [0.25, 0.3) is 0 Å². The van der Waals surface area contributed by atoms with Gasteiger partial charge in [-0.05, 0) is 13.8 Å². The second-order valence-electron chi connectivity index (χ2n) is 2.69. The first-order valence-electron chi connectivity index (χ1n) is 3.89. The minimum absolute atomic E-state index is 0.290. The third-order valence-corrected chi connectivity index (χ3v) is 1.88. The molecule has 0 fully saturated rings. The van der Waals surface area contributed by atoms with E-state index in [0.717, 1.165) is 11.4 Å². The van der Waals surface area contributed by atoms with E-state index in [-0.39, 0.29) is 4.99 Å². The molecule has 0 aliphatic carbocycles. The van der Waals surface area contributed by atoms with Crippen LogP contribution in [0.25, 0.3) is 0 Å². The fraction of sp³-hybridized carbons (Fsp3) is 0.375. The Kier molecular flexibility index (Phi) is 2.77. The van der Waals surface area contributed by atoms with Crippen molar-refractivity contribution in [3.05, 3.63) is 17.2 Å². The Hall–Kier alpha value is -1.23. The predicted octanol–water partition coefficient (Wildman–Crippen LogP) is 0.769. The Morgan fingerprint density at radius 3 is 2.46 bits per heavy atom. The van der Waals surface area contributed by atoms with Gasteiger partial charge in [0.1, 0.15) is 16.5 Å². The van der Waals surface area contributed by atoms with Crippen LogP contribution in [-0.2, 0) is 0 Å². The molecule has 1 heterocycles. The highest BCUT2D eigenvalue weighted by molar-refractivity contribution is 7.80. The molecule has 0 saturated heterocycles. The molecule has 0 unspecified atom stereocenters. The summed E-state index contributed by atoms with van der Waals surface area (Å²) in [5.41, 5.74) is 7.81. The SMILES string of the molecule is CNc1c(C)nc(C)nc1C(N)=S. The van der Waals surface area contributed by atoms with Crippen molar-refractivity contribution in [2.45, 2.75) is 13.8 Å². The molecule has 0 bridgehead atoms. The Bertz CT molecular complexity index is 348. The number of nitrogens with zero attached hydrogens (tertiary/aromatic N) is 2. The van der Waals surface area contributed by atoms with Crippen LogP contribution >= 0.6 is 12.2 Å². The van der Waals surface area contributed by atoms with Crippen molar-refractivity contribution in [3.63, 3.8) is 0 Å². The zero-order valence-electron chi connectivity index (χ0n) is 7.88. The van der Waals surface area contributed by atoms with Crippen molar-refractivity contribution in [1.82, 2.24) is 9.97 Å². The molecule has 0 saturated carbocycles. The van der Waals surface area contributed by atoms with E-state index in [1.807, 2.05) is 13.8 Å². The highest BCUT2D eigenvalue weighted by atomic mass is 32.1. The van der Waals surface area contributed by atoms with Gasteiger partial charge in [0.2, 0.25) is 0 Å². The van der Waals surface area contributed by atoms with Crippen LogP contribution in [0.2, 0.25) is 0 Å². The summed E-state index contributed by atoms with van der Waals surface area (Å²) in [4.78, 5) is 8.65. The molecule has 0 aliphatic heterocycles. The first-order chi connectivity index (χ1) is 6.06. The van der Waals surface area contributed by atoms with Crippen LogP contribution in [0.1, 0.15) is 17.2 Å². The van der Waals surface area contributed by atoms with E-state index < -0.39 is 0 Å². The zero-order valence-corrected chi connectivity index (χ0v) is 8.70. The van der Waals surface area contributed by atoms with Crippen LogP contribution in [0.15, 0.2) is 0 Å². The van der Waals surface area contributed by atoms with E-state index in [2.05, 4.69) is 15.3 Å². The van der Waals surface area contributed by atoms with Gasteiger partial charge in [-0.3, -0.25) is 0 Å². The van der Waals surface area contributed by atoms with Gasteiger partial charge in [-0.15, -0.1) is 0 Å². The summed E-state index contributed by atoms with van der Waals surface area (Å²) in [6.45, 7) is 3.70. The molecule has 1 rings (SSSR count). The smallest absolute Gasteiger partial charge is 0.126 e. The average Bonchev–Trinajstić information content (AvgIpc) is 2.02. The average molecular weight is 196 g/mol. The first kappa shape index (κ1) is 9.85. The highest BCUT2D eigenvalue weighted by Gasteiger charge is 2.10. The number of rotatable bonds is 2. The Morgan fingerprint density at radius 2 is 2.00 bits per heavy atom. The Balaban J connectivity index is 3.38. The van der Waals surface area contributed by atoms with Crippen molar-refractivity contribution in [3.8, 4) is 0 Å². The van der Waals surface area contributed by atoms with Crippen molar-refractivity contribution < 1.29 is 0 Å². The standard InChI is InChI=1S/C8H12N4S/c1-4-6(10-3)7(8(9)13)12-5(2)11-4/h10H,1-3H3,(H2,9,13). The predicted molar refractivity (Wildman–Crippen MR) is 56.9 cm³/mol. The van der Waals surface area contributed by atoms with Crippen molar-refractivity contribution in [2.75, 3.05) is 12.4 Å². The molecule has 3 N–H and O–H groups in total. The van der Waals surface area contributed by atoms with Crippen LogP contribution in [0.4, 0.5) is 5.69 Å². The van der Waals surface area contributed by atoms with Crippen molar-refractivity contribution in [1.29, 1.82) is 0 Å². The summed E-state index contributed by atoms with van der Waals surface area (Å²) in [7, 11) is 1.79. The number of anilines is 1. The summed E-state index contributed by atoms with van der Waals surface area (Å²) in [6, 6.07) is 0. The summed E-state index contributed by atoms with van der Waals surface area (Å²) >= 11 is 4.88. The van der Waals surface area contributed by atoms with E-state index in [4.69, 9.17) is 18.0 Å². The molecule has 0 aromatic carbocycles. The van der Waals surface area contributed by atoms with Crippen LogP contribution in [0, 0.1) is 13.8 Å². The van der Waals surface area contributed by atoms with Crippen LogP contribution in [0.5, 0.6) is 0 Å². The minimum Gasteiger partial charge on any atom is -0.388 e. The fourth-order valence-electron chi connectivity index (χ4n) is 1.19. The first-order valence-corrected chi connectivity index (χ1v) is 4.30. The van der Waals surface area contributed by atoms with Gasteiger partial charge < -0.3 is 11.1 Å². The van der Waals surface area contributed by atoms with Gasteiger partial charge in [0.05, 0.1) is 11.4 Å². The normalized spacial score (nSPS) is 9.77. The molecule has 13 heavy (non-hydrogen) atoms. The maximum Gasteiger partial charge on any atom is 0.126 e. The molecule has 0 amide bonds. The molecule has 0 spiro atoms. The number of thiocarbonyl (C=S) groups is 1. The maximum absolute atomic E-state index is 5.53. The quantitative estimate of drug-likeness (QED) is 0.684. The van der Waals surface area contributed by atoms with Gasteiger partial charge >= 0.3 is 0 Å². The van der Waals surface area contributed by atoms with Crippen molar-refractivity contribution >= 4 is 22.9 Å². The lowest BCUT2D eigenvalue weighted by Gasteiger charge is -2.09. The van der Waals surface area contributed by atoms with Crippen LogP contribution in [0.3, 0.4) is 0 Å². The van der Waals surface area contributed by atoms with Crippen LogP contribution < -0.4 is 11.1 Å². The number of hydrogen-bond acceptors (Lipinski definition) is 4. The third kappa shape index (κ3) is 1.92. The molecule has 1 aromatic heterocycles. The molecular formula is C8H12N4S. The van der Waals surface area contributed by atoms with Gasteiger partial charge in [-0.25, -0.2) is 9.97 Å². The topological polar surface area (TPSA) is 63.8 Å². The summed E-state index contributed by atoms with van der Waals surface area (Å²) < 4.78 is 0. The zero-order chi connectivity index (χ0) is 10.0. The van der Waals surface area contributed by atoms with Gasteiger partial charge in [0, 0.05) is 7.05 Å². The van der Waals surface area contributed by atoms with Crippen molar-refractivity contribution in [2.24, 2.45) is 5.73 Å². The molecule has 1 aromatic rings. The molecule has 0 atom stereocenters. The lowest BCUT2D eigenvalue weighted by Crippen LogP contribution is -2.16. The second-order valence-corrected chi connectivity index (χ2v) is 3.13. The minimum atomic E-state index is 0.290. The van der Waals surface area contributed by atoms with E-state index in [0.29, 0.717) is 11.5 Å². The number of aromatic nitrogens is 2. The highest BCUT2D eigenvalue weighted by Crippen LogP contribution is 2.16. The maximum atomic E-state index is 5.53. The van der Waals surface area contributed by atoms with Gasteiger partial charge in [0.15, 0.2) is 0 Å². The molecule has 5 heteroatoms. The number of nitrogens with one attached hydrogen (secondary N) is 1. The van der Waals surface area contributed by atoms with E-state index >= 15 is 0 Å². The summed E-state index contributed by atoms with van der Waals surface area (Å²) in [5.74, 6) is 0.680.